The van der Waals surface area contributed by atoms with Crippen molar-refractivity contribution in [3.05, 3.63) is 0 Å². The van der Waals surface area contributed by atoms with E-state index in [2.05, 4.69) is 52.7 Å². The average molecular weight is 342 g/mol. The molecule has 0 aliphatic carbocycles. The molecule has 1 fully saturated rings. The average Bonchev–Trinajstić information content (AvgIpc) is 3.00. The molecule has 3 heteroatoms. The van der Waals surface area contributed by atoms with E-state index in [0.717, 1.165) is 13.0 Å². The number of carbonyl (C=O) groups is 1. The molecule has 1 aliphatic heterocycles. The Morgan fingerprint density at radius 1 is 1.17 bits per heavy atom. The fraction of sp³-hybridized carbons (Fsp3) is 0.950. The Morgan fingerprint density at radius 2 is 1.83 bits per heavy atom. The normalized spacial score (nSPS) is 23.8. The summed E-state index contributed by atoms with van der Waals surface area (Å²) >= 11 is 1.88. The maximum Gasteiger partial charge on any atom is 0.223 e. The van der Waals surface area contributed by atoms with Gasteiger partial charge in [0.15, 0.2) is 0 Å². The number of thioether (sulfide) groups is 1. The van der Waals surface area contributed by atoms with Gasteiger partial charge in [0.25, 0.3) is 0 Å². The first-order valence-electron chi connectivity index (χ1n) is 9.69. The highest BCUT2D eigenvalue weighted by Gasteiger charge is 2.36. The molecular weight excluding hydrogens is 302 g/mol. The minimum absolute atomic E-state index is 0.404. The summed E-state index contributed by atoms with van der Waals surface area (Å²) in [6.45, 7) is 14.8. The van der Waals surface area contributed by atoms with Gasteiger partial charge >= 0.3 is 0 Å². The Kier molecular flexibility index (Phi) is 9.03. The van der Waals surface area contributed by atoms with Gasteiger partial charge in [-0.25, -0.2) is 0 Å². The third kappa shape index (κ3) is 5.41. The molecule has 0 N–H and O–H groups in total. The van der Waals surface area contributed by atoms with Crippen molar-refractivity contribution in [2.75, 3.05) is 12.8 Å². The topological polar surface area (TPSA) is 20.3 Å². The van der Waals surface area contributed by atoms with Gasteiger partial charge in [-0.2, -0.15) is 11.8 Å². The monoisotopic (exact) mass is 341 g/mol. The van der Waals surface area contributed by atoms with E-state index in [0.29, 0.717) is 40.9 Å². The second kappa shape index (κ2) is 9.96. The molecule has 0 bridgehead atoms. The smallest absolute Gasteiger partial charge is 0.223 e. The summed E-state index contributed by atoms with van der Waals surface area (Å²) in [5.74, 6) is 3.01. The molecule has 0 radical (unpaired) electrons. The van der Waals surface area contributed by atoms with Gasteiger partial charge in [-0.3, -0.25) is 4.79 Å². The number of nitrogens with zero attached hydrogens (tertiary/aromatic N) is 1. The number of hydrogen-bond acceptors (Lipinski definition) is 2. The first-order chi connectivity index (χ1) is 10.9. The first-order valence-corrected chi connectivity index (χ1v) is 11.0. The van der Waals surface area contributed by atoms with Crippen molar-refractivity contribution in [3.8, 4) is 0 Å². The van der Waals surface area contributed by atoms with Crippen LogP contribution in [-0.4, -0.2) is 34.9 Å². The van der Waals surface area contributed by atoms with Crippen molar-refractivity contribution in [2.24, 2.45) is 23.7 Å². The van der Waals surface area contributed by atoms with Gasteiger partial charge in [0.05, 0.1) is 0 Å². The van der Waals surface area contributed by atoms with Crippen LogP contribution in [0.3, 0.4) is 0 Å². The van der Waals surface area contributed by atoms with Gasteiger partial charge in [0, 0.05) is 24.3 Å². The van der Waals surface area contributed by atoms with Crippen LogP contribution in [0.15, 0.2) is 0 Å². The van der Waals surface area contributed by atoms with Crippen LogP contribution in [0, 0.1) is 23.7 Å². The maximum absolute atomic E-state index is 13.0. The SMILES string of the molecule is CCC(C)C(C)C(CC(=O)N1CCCC1C(CC)C(C)C)SC. The van der Waals surface area contributed by atoms with Gasteiger partial charge in [-0.15, -0.1) is 0 Å². The molecule has 0 aromatic heterocycles. The number of carbonyl (C=O) groups excluding carboxylic acids is 1. The minimum atomic E-state index is 0.404. The molecule has 0 saturated carbocycles. The Balaban J connectivity index is 2.74. The van der Waals surface area contributed by atoms with Crippen LogP contribution in [0.1, 0.15) is 73.6 Å². The Hall–Kier alpha value is -0.180. The summed E-state index contributed by atoms with van der Waals surface area (Å²) in [6.07, 6.45) is 7.65. The van der Waals surface area contributed by atoms with Crippen molar-refractivity contribution < 1.29 is 4.79 Å². The third-order valence-corrected chi connectivity index (χ3v) is 7.45. The predicted octanol–water partition coefficient (Wildman–Crippen LogP) is 5.46. The molecule has 1 aliphatic rings. The molecule has 1 rings (SSSR count). The zero-order chi connectivity index (χ0) is 17.6. The Labute approximate surface area is 149 Å². The van der Waals surface area contributed by atoms with E-state index >= 15 is 0 Å². The number of amides is 1. The maximum atomic E-state index is 13.0. The lowest BCUT2D eigenvalue weighted by Gasteiger charge is -2.35. The molecule has 1 saturated heterocycles. The number of likely N-dealkylation sites (tertiary alicyclic amines) is 1. The van der Waals surface area contributed by atoms with E-state index in [1.165, 1.54) is 25.7 Å². The third-order valence-electron chi connectivity index (χ3n) is 6.25. The van der Waals surface area contributed by atoms with Gasteiger partial charge < -0.3 is 4.90 Å². The summed E-state index contributed by atoms with van der Waals surface area (Å²) < 4.78 is 0. The van der Waals surface area contributed by atoms with Crippen LogP contribution in [-0.2, 0) is 4.79 Å². The summed E-state index contributed by atoms with van der Waals surface area (Å²) in [7, 11) is 0. The minimum Gasteiger partial charge on any atom is -0.339 e. The van der Waals surface area contributed by atoms with E-state index in [4.69, 9.17) is 0 Å². The van der Waals surface area contributed by atoms with E-state index in [1.54, 1.807) is 0 Å². The van der Waals surface area contributed by atoms with Gasteiger partial charge in [-0.05, 0) is 42.8 Å². The highest BCUT2D eigenvalue weighted by molar-refractivity contribution is 7.99. The fourth-order valence-corrected chi connectivity index (χ4v) is 5.25. The molecule has 1 amide bonds. The first kappa shape index (κ1) is 20.9. The standard InChI is InChI=1S/C20H39NOS/c1-8-15(5)16(6)19(23-7)13-20(22)21-12-10-11-18(21)17(9-2)14(3)4/h14-19H,8-13H2,1-7H3. The Bertz CT molecular complexity index is 358. The molecule has 0 spiro atoms. The van der Waals surface area contributed by atoms with Crippen LogP contribution in [0.25, 0.3) is 0 Å². The summed E-state index contributed by atoms with van der Waals surface area (Å²) in [5.41, 5.74) is 0. The molecule has 23 heavy (non-hydrogen) atoms. The summed E-state index contributed by atoms with van der Waals surface area (Å²) in [6, 6.07) is 0.480. The molecule has 136 valence electrons. The van der Waals surface area contributed by atoms with Crippen LogP contribution in [0.2, 0.25) is 0 Å². The lowest BCUT2D eigenvalue weighted by molar-refractivity contribution is -0.133. The van der Waals surface area contributed by atoms with E-state index in [1.807, 2.05) is 11.8 Å². The Morgan fingerprint density at radius 3 is 2.30 bits per heavy atom. The molecule has 0 aromatic carbocycles. The van der Waals surface area contributed by atoms with Crippen LogP contribution in [0.5, 0.6) is 0 Å². The van der Waals surface area contributed by atoms with E-state index in [9.17, 15) is 4.79 Å². The van der Waals surface area contributed by atoms with Crippen LogP contribution >= 0.6 is 11.8 Å². The quantitative estimate of drug-likeness (QED) is 0.555. The molecule has 1 heterocycles. The second-order valence-electron chi connectivity index (χ2n) is 7.84. The van der Waals surface area contributed by atoms with Gasteiger partial charge in [-0.1, -0.05) is 54.4 Å². The number of hydrogen-bond donors (Lipinski definition) is 0. The van der Waals surface area contributed by atoms with Crippen molar-refractivity contribution in [1.82, 2.24) is 4.90 Å². The molecule has 0 aromatic rings. The molecule has 2 nitrogen and oxygen atoms in total. The molecular formula is C20H39NOS. The van der Waals surface area contributed by atoms with E-state index < -0.39 is 0 Å². The predicted molar refractivity (Wildman–Crippen MR) is 104 cm³/mol. The van der Waals surface area contributed by atoms with Crippen molar-refractivity contribution >= 4 is 17.7 Å². The molecule has 5 unspecified atom stereocenters. The van der Waals surface area contributed by atoms with Crippen molar-refractivity contribution in [1.29, 1.82) is 0 Å². The highest BCUT2D eigenvalue weighted by Crippen LogP contribution is 2.34. The van der Waals surface area contributed by atoms with Crippen LogP contribution in [0.4, 0.5) is 0 Å². The van der Waals surface area contributed by atoms with Crippen molar-refractivity contribution in [3.63, 3.8) is 0 Å². The zero-order valence-electron chi connectivity index (χ0n) is 16.5. The lowest BCUT2D eigenvalue weighted by Crippen LogP contribution is -2.43. The van der Waals surface area contributed by atoms with Gasteiger partial charge in [0.1, 0.15) is 0 Å². The highest BCUT2D eigenvalue weighted by atomic mass is 32.2. The fourth-order valence-electron chi connectivity index (χ4n) is 4.25. The largest absolute Gasteiger partial charge is 0.339 e. The second-order valence-corrected chi connectivity index (χ2v) is 8.91. The number of rotatable bonds is 9. The van der Waals surface area contributed by atoms with E-state index in [-0.39, 0.29) is 0 Å². The van der Waals surface area contributed by atoms with Gasteiger partial charge in [0.2, 0.25) is 5.91 Å². The zero-order valence-corrected chi connectivity index (χ0v) is 17.3. The lowest BCUT2D eigenvalue weighted by atomic mass is 9.84. The summed E-state index contributed by atoms with van der Waals surface area (Å²) in [5, 5.41) is 0.456. The van der Waals surface area contributed by atoms with Crippen molar-refractivity contribution in [2.45, 2.75) is 84.9 Å². The summed E-state index contributed by atoms with van der Waals surface area (Å²) in [4.78, 5) is 15.2. The molecule has 5 atom stereocenters. The van der Waals surface area contributed by atoms with Crippen LogP contribution < -0.4 is 0 Å².